The van der Waals surface area contributed by atoms with Gasteiger partial charge >= 0.3 is 0 Å². The topological polar surface area (TPSA) is 49.4 Å². The molecule has 1 N–H and O–H groups in total. The average Bonchev–Trinajstić information content (AvgIpc) is 2.45. The van der Waals surface area contributed by atoms with Gasteiger partial charge in [-0.1, -0.05) is 15.9 Å². The van der Waals surface area contributed by atoms with E-state index in [4.69, 9.17) is 0 Å². The zero-order valence-corrected chi connectivity index (χ0v) is 13.0. The molecule has 3 rings (SSSR count). The number of carbonyl (C=O) groups excluding carboxylic acids is 2. The average molecular weight is 355 g/mol. The molecule has 0 aromatic heterocycles. The number of nitrogens with zero attached hydrogens (tertiary/aromatic N) is 1. The molecule has 2 fully saturated rings. The Hall–Kier alpha value is -1.43. The van der Waals surface area contributed by atoms with Gasteiger partial charge in [0.25, 0.3) is 5.91 Å². The van der Waals surface area contributed by atoms with E-state index in [-0.39, 0.29) is 17.9 Å². The highest BCUT2D eigenvalue weighted by atomic mass is 79.9. The normalized spacial score (nSPS) is 25.2. The van der Waals surface area contributed by atoms with Crippen molar-refractivity contribution in [3.63, 3.8) is 0 Å². The second-order valence-corrected chi connectivity index (χ2v) is 6.59. The first-order valence-electron chi connectivity index (χ1n) is 7.07. The molecule has 0 bridgehead atoms. The molecule has 1 aromatic rings. The Labute approximate surface area is 130 Å². The highest BCUT2D eigenvalue weighted by Crippen LogP contribution is 2.27. The first-order chi connectivity index (χ1) is 10.0. The van der Waals surface area contributed by atoms with E-state index in [1.807, 2.05) is 0 Å². The van der Waals surface area contributed by atoms with E-state index in [2.05, 4.69) is 21.2 Å². The summed E-state index contributed by atoms with van der Waals surface area (Å²) in [5.74, 6) is -0.166. The van der Waals surface area contributed by atoms with Crippen LogP contribution in [0.25, 0.3) is 0 Å². The Morgan fingerprint density at radius 1 is 1.33 bits per heavy atom. The van der Waals surface area contributed by atoms with Crippen LogP contribution in [0.5, 0.6) is 0 Å². The van der Waals surface area contributed by atoms with Gasteiger partial charge in [0, 0.05) is 35.6 Å². The predicted molar refractivity (Wildman–Crippen MR) is 79.3 cm³/mol. The SMILES string of the molecule is O=C1CCC2CN(C(=O)c3cc(F)cc(Br)c3)CCC2N1. The summed E-state index contributed by atoms with van der Waals surface area (Å²) in [5.41, 5.74) is 0.361. The van der Waals surface area contributed by atoms with E-state index in [1.54, 1.807) is 11.0 Å². The van der Waals surface area contributed by atoms with Crippen molar-refractivity contribution < 1.29 is 14.0 Å². The molecule has 0 radical (unpaired) electrons. The van der Waals surface area contributed by atoms with Crippen LogP contribution in [-0.4, -0.2) is 35.8 Å². The van der Waals surface area contributed by atoms with E-state index < -0.39 is 5.82 Å². The quantitative estimate of drug-likeness (QED) is 0.841. The van der Waals surface area contributed by atoms with Gasteiger partial charge in [-0.05, 0) is 37.0 Å². The molecule has 2 aliphatic rings. The van der Waals surface area contributed by atoms with Gasteiger partial charge in [0.1, 0.15) is 5.82 Å². The molecule has 2 unspecified atom stereocenters. The van der Waals surface area contributed by atoms with Crippen molar-refractivity contribution in [1.82, 2.24) is 10.2 Å². The second kappa shape index (κ2) is 5.75. The molecule has 2 heterocycles. The molecule has 6 heteroatoms. The van der Waals surface area contributed by atoms with Crippen LogP contribution in [0.3, 0.4) is 0 Å². The van der Waals surface area contributed by atoms with E-state index in [0.29, 0.717) is 35.5 Å². The van der Waals surface area contributed by atoms with Crippen LogP contribution in [-0.2, 0) is 4.79 Å². The maximum Gasteiger partial charge on any atom is 0.254 e. The number of hydrogen-bond donors (Lipinski definition) is 1. The van der Waals surface area contributed by atoms with Gasteiger partial charge in [0.05, 0.1) is 0 Å². The van der Waals surface area contributed by atoms with Crippen molar-refractivity contribution in [2.45, 2.75) is 25.3 Å². The smallest absolute Gasteiger partial charge is 0.254 e. The van der Waals surface area contributed by atoms with Gasteiger partial charge in [-0.2, -0.15) is 0 Å². The third-order valence-electron chi connectivity index (χ3n) is 4.22. The molecule has 1 aromatic carbocycles. The Kier molecular flexibility index (Phi) is 3.97. The number of carbonyl (C=O) groups is 2. The number of rotatable bonds is 1. The Balaban J connectivity index is 1.73. The Bertz CT molecular complexity index is 573. The van der Waals surface area contributed by atoms with Crippen LogP contribution >= 0.6 is 15.9 Å². The number of fused-ring (bicyclic) bond motifs is 1. The molecule has 0 aliphatic carbocycles. The lowest BCUT2D eigenvalue weighted by molar-refractivity contribution is -0.125. The number of hydrogen-bond acceptors (Lipinski definition) is 2. The minimum Gasteiger partial charge on any atom is -0.353 e. The maximum atomic E-state index is 13.4. The van der Waals surface area contributed by atoms with Gasteiger partial charge in [0.2, 0.25) is 5.91 Å². The van der Waals surface area contributed by atoms with Crippen molar-refractivity contribution >= 4 is 27.7 Å². The van der Waals surface area contributed by atoms with Crippen molar-refractivity contribution in [2.24, 2.45) is 5.92 Å². The molecular formula is C15H16BrFN2O2. The first kappa shape index (κ1) is 14.5. The van der Waals surface area contributed by atoms with Crippen LogP contribution in [0, 0.1) is 11.7 Å². The molecule has 0 saturated carbocycles. The lowest BCUT2D eigenvalue weighted by atomic mass is 9.85. The number of piperidine rings is 2. The van der Waals surface area contributed by atoms with E-state index in [1.165, 1.54) is 12.1 Å². The molecule has 21 heavy (non-hydrogen) atoms. The number of nitrogens with one attached hydrogen (secondary N) is 1. The van der Waals surface area contributed by atoms with Crippen LogP contribution in [0.15, 0.2) is 22.7 Å². The molecule has 2 amide bonds. The van der Waals surface area contributed by atoms with Gasteiger partial charge in [-0.25, -0.2) is 4.39 Å². The van der Waals surface area contributed by atoms with Crippen LogP contribution < -0.4 is 5.32 Å². The molecule has 4 nitrogen and oxygen atoms in total. The summed E-state index contributed by atoms with van der Waals surface area (Å²) in [7, 11) is 0. The number of halogens is 2. The predicted octanol–water partition coefficient (Wildman–Crippen LogP) is 2.33. The number of benzene rings is 1. The first-order valence-corrected chi connectivity index (χ1v) is 7.87. The fourth-order valence-corrected chi connectivity index (χ4v) is 3.62. The summed E-state index contributed by atoms with van der Waals surface area (Å²) in [4.78, 5) is 25.6. The highest BCUT2D eigenvalue weighted by Gasteiger charge is 2.35. The molecule has 2 saturated heterocycles. The fraction of sp³-hybridized carbons (Fsp3) is 0.467. The third-order valence-corrected chi connectivity index (χ3v) is 4.68. The molecular weight excluding hydrogens is 339 g/mol. The minimum atomic E-state index is -0.424. The lowest BCUT2D eigenvalue weighted by Crippen LogP contribution is -2.55. The molecule has 112 valence electrons. The zero-order chi connectivity index (χ0) is 15.0. The van der Waals surface area contributed by atoms with E-state index in [0.717, 1.165) is 12.8 Å². The van der Waals surface area contributed by atoms with Gasteiger partial charge < -0.3 is 10.2 Å². The summed E-state index contributed by atoms with van der Waals surface area (Å²) in [6.45, 7) is 1.21. The third kappa shape index (κ3) is 3.10. The molecule has 0 spiro atoms. The van der Waals surface area contributed by atoms with Crippen molar-refractivity contribution in [3.8, 4) is 0 Å². The van der Waals surface area contributed by atoms with Gasteiger partial charge in [0.15, 0.2) is 0 Å². The standard InChI is InChI=1S/C15H16BrFN2O2/c16-11-5-10(6-12(17)7-11)15(21)19-4-3-13-9(8-19)1-2-14(20)18-13/h5-7,9,13H,1-4,8H2,(H,18,20). The fourth-order valence-electron chi connectivity index (χ4n) is 3.15. The molecule has 2 atom stereocenters. The second-order valence-electron chi connectivity index (χ2n) is 5.67. The van der Waals surface area contributed by atoms with Crippen molar-refractivity contribution in [2.75, 3.05) is 13.1 Å². The number of likely N-dealkylation sites (tertiary alicyclic amines) is 1. The van der Waals surface area contributed by atoms with Crippen LogP contribution in [0.2, 0.25) is 0 Å². The maximum absolute atomic E-state index is 13.4. The number of amides is 2. The van der Waals surface area contributed by atoms with Crippen LogP contribution in [0.1, 0.15) is 29.6 Å². The van der Waals surface area contributed by atoms with Crippen molar-refractivity contribution in [3.05, 3.63) is 34.1 Å². The summed E-state index contributed by atoms with van der Waals surface area (Å²) in [6, 6.07) is 4.41. The van der Waals surface area contributed by atoms with E-state index in [9.17, 15) is 14.0 Å². The van der Waals surface area contributed by atoms with Crippen molar-refractivity contribution in [1.29, 1.82) is 0 Å². The summed E-state index contributed by atoms with van der Waals surface area (Å²) in [5, 5.41) is 2.99. The Morgan fingerprint density at radius 3 is 2.90 bits per heavy atom. The van der Waals surface area contributed by atoms with Crippen LogP contribution in [0.4, 0.5) is 4.39 Å². The summed E-state index contributed by atoms with van der Waals surface area (Å²) >= 11 is 3.21. The highest BCUT2D eigenvalue weighted by molar-refractivity contribution is 9.10. The monoisotopic (exact) mass is 354 g/mol. The largest absolute Gasteiger partial charge is 0.353 e. The minimum absolute atomic E-state index is 0.102. The van der Waals surface area contributed by atoms with Gasteiger partial charge in [-0.15, -0.1) is 0 Å². The molecule has 2 aliphatic heterocycles. The van der Waals surface area contributed by atoms with E-state index >= 15 is 0 Å². The summed E-state index contributed by atoms with van der Waals surface area (Å²) < 4.78 is 14.0. The lowest BCUT2D eigenvalue weighted by Gasteiger charge is -2.41. The zero-order valence-electron chi connectivity index (χ0n) is 11.4. The Morgan fingerprint density at radius 2 is 2.14 bits per heavy atom. The van der Waals surface area contributed by atoms with Gasteiger partial charge in [-0.3, -0.25) is 9.59 Å². The summed E-state index contributed by atoms with van der Waals surface area (Å²) in [6.07, 6.45) is 2.10.